The molecule has 5 nitrogen and oxygen atoms in total. The van der Waals surface area contributed by atoms with E-state index in [4.69, 9.17) is 0 Å². The average Bonchev–Trinajstić information content (AvgIpc) is 3.39. The van der Waals surface area contributed by atoms with Gasteiger partial charge in [-0.25, -0.2) is 4.68 Å². The zero-order valence-corrected chi connectivity index (χ0v) is 18.0. The molecule has 1 N–H and O–H groups in total. The van der Waals surface area contributed by atoms with Gasteiger partial charge in [0.15, 0.2) is 0 Å². The van der Waals surface area contributed by atoms with Crippen molar-refractivity contribution in [2.45, 2.75) is 19.4 Å². The zero-order valence-electron chi connectivity index (χ0n) is 15.6. The van der Waals surface area contributed by atoms with E-state index in [1.54, 1.807) is 10.9 Å². The summed E-state index contributed by atoms with van der Waals surface area (Å²) >= 11 is 5.22. The molecule has 7 heteroatoms. The smallest absolute Gasteiger partial charge is 0.251 e. The van der Waals surface area contributed by atoms with Crippen molar-refractivity contribution in [2.75, 3.05) is 19.6 Å². The Balaban J connectivity index is 1.23. The van der Waals surface area contributed by atoms with E-state index in [9.17, 15) is 4.79 Å². The number of hydrogen-bond donors (Lipinski definition) is 1. The normalized spacial score (nSPS) is 15.6. The van der Waals surface area contributed by atoms with Gasteiger partial charge in [0, 0.05) is 29.7 Å². The van der Waals surface area contributed by atoms with Gasteiger partial charge in [-0.2, -0.15) is 5.10 Å². The van der Waals surface area contributed by atoms with Gasteiger partial charge >= 0.3 is 0 Å². The van der Waals surface area contributed by atoms with Crippen molar-refractivity contribution in [3.8, 4) is 5.69 Å². The summed E-state index contributed by atoms with van der Waals surface area (Å²) in [5, 5.41) is 9.50. The van der Waals surface area contributed by atoms with Crippen LogP contribution in [-0.4, -0.2) is 40.2 Å². The number of hydrogen-bond acceptors (Lipinski definition) is 4. The predicted octanol–water partition coefficient (Wildman–Crippen LogP) is 4.34. The zero-order chi connectivity index (χ0) is 19.3. The minimum Gasteiger partial charge on any atom is -0.352 e. The van der Waals surface area contributed by atoms with Gasteiger partial charge in [-0.1, -0.05) is 6.07 Å². The number of halogens is 1. The monoisotopic (exact) mass is 458 g/mol. The Bertz CT molecular complexity index is 899. The maximum absolute atomic E-state index is 12.5. The van der Waals surface area contributed by atoms with Crippen molar-refractivity contribution in [1.82, 2.24) is 20.0 Å². The lowest BCUT2D eigenvalue weighted by Gasteiger charge is -2.31. The standard InChI is InChI=1S/C21H23BrN4OS/c22-18-13-24-26(14-18)19-5-3-17(4-6-19)21(27)23-12-16-7-9-25(10-8-16)15-20-2-1-11-28-20/h1-6,11,13-14,16H,7-10,12,15H2,(H,23,27). The topological polar surface area (TPSA) is 50.2 Å². The third kappa shape index (κ3) is 4.90. The number of nitrogens with zero attached hydrogens (tertiary/aromatic N) is 3. The van der Waals surface area contributed by atoms with E-state index in [-0.39, 0.29) is 5.91 Å². The van der Waals surface area contributed by atoms with Crippen molar-refractivity contribution in [2.24, 2.45) is 5.92 Å². The summed E-state index contributed by atoms with van der Waals surface area (Å²) in [6.45, 7) is 4.01. The molecule has 0 unspecified atom stereocenters. The molecule has 1 fully saturated rings. The first-order valence-corrected chi connectivity index (χ1v) is 11.2. The Kier molecular flexibility index (Phi) is 6.24. The van der Waals surface area contributed by atoms with E-state index in [1.165, 1.54) is 4.88 Å². The summed E-state index contributed by atoms with van der Waals surface area (Å²) in [5.41, 5.74) is 1.62. The molecule has 1 aliphatic heterocycles. The highest BCUT2D eigenvalue weighted by Gasteiger charge is 2.20. The maximum Gasteiger partial charge on any atom is 0.251 e. The van der Waals surface area contributed by atoms with Gasteiger partial charge in [0.05, 0.1) is 16.4 Å². The molecule has 0 saturated carbocycles. The van der Waals surface area contributed by atoms with Crippen LogP contribution in [0.1, 0.15) is 28.1 Å². The number of benzene rings is 1. The molecule has 0 spiro atoms. The van der Waals surface area contributed by atoms with Crippen LogP contribution >= 0.6 is 27.3 Å². The highest BCUT2D eigenvalue weighted by molar-refractivity contribution is 9.10. The van der Waals surface area contributed by atoms with Crippen LogP contribution in [0.5, 0.6) is 0 Å². The molecule has 28 heavy (non-hydrogen) atoms. The molecule has 0 radical (unpaired) electrons. The van der Waals surface area contributed by atoms with Gasteiger partial charge in [-0.3, -0.25) is 9.69 Å². The number of rotatable bonds is 6. The molecular formula is C21H23BrN4OS. The van der Waals surface area contributed by atoms with Gasteiger partial charge in [0.25, 0.3) is 5.91 Å². The molecule has 1 aliphatic rings. The fourth-order valence-electron chi connectivity index (χ4n) is 3.52. The number of nitrogens with one attached hydrogen (secondary N) is 1. The third-order valence-corrected chi connectivity index (χ3v) is 6.43. The van der Waals surface area contributed by atoms with Crippen molar-refractivity contribution in [3.05, 3.63) is 69.1 Å². The molecule has 0 atom stereocenters. The number of carbonyl (C=O) groups is 1. The Morgan fingerprint density at radius 1 is 1.21 bits per heavy atom. The summed E-state index contributed by atoms with van der Waals surface area (Å²) < 4.78 is 2.70. The van der Waals surface area contributed by atoms with Gasteiger partial charge in [0.2, 0.25) is 0 Å². The number of aromatic nitrogens is 2. The highest BCUT2D eigenvalue weighted by Crippen LogP contribution is 2.20. The average molecular weight is 459 g/mol. The molecule has 0 bridgehead atoms. The molecule has 3 aromatic rings. The molecule has 0 aliphatic carbocycles. The summed E-state index contributed by atoms with van der Waals surface area (Å²) in [6.07, 6.45) is 5.91. The van der Waals surface area contributed by atoms with E-state index in [0.717, 1.165) is 49.2 Å². The summed E-state index contributed by atoms with van der Waals surface area (Å²) in [6, 6.07) is 11.8. The molecule has 1 saturated heterocycles. The van der Waals surface area contributed by atoms with Crippen molar-refractivity contribution in [3.63, 3.8) is 0 Å². The second kappa shape index (κ2) is 9.03. The largest absolute Gasteiger partial charge is 0.352 e. The Morgan fingerprint density at radius 2 is 2.00 bits per heavy atom. The maximum atomic E-state index is 12.5. The van der Waals surface area contributed by atoms with Gasteiger partial charge in [-0.05, 0) is 83.5 Å². The first kappa shape index (κ1) is 19.4. The van der Waals surface area contributed by atoms with Crippen molar-refractivity contribution in [1.29, 1.82) is 0 Å². The summed E-state index contributed by atoms with van der Waals surface area (Å²) in [4.78, 5) is 16.4. The van der Waals surface area contributed by atoms with Crippen molar-refractivity contribution >= 4 is 33.2 Å². The fraction of sp³-hybridized carbons (Fsp3) is 0.333. The third-order valence-electron chi connectivity index (χ3n) is 5.16. The van der Waals surface area contributed by atoms with E-state index < -0.39 is 0 Å². The fourth-order valence-corrected chi connectivity index (χ4v) is 4.55. The Labute approximate surface area is 177 Å². The molecule has 3 heterocycles. The van der Waals surface area contributed by atoms with Crippen LogP contribution in [-0.2, 0) is 6.54 Å². The van der Waals surface area contributed by atoms with Crippen LogP contribution in [0.2, 0.25) is 0 Å². The van der Waals surface area contributed by atoms with Crippen molar-refractivity contribution < 1.29 is 4.79 Å². The number of carbonyl (C=O) groups excluding carboxylic acids is 1. The first-order chi connectivity index (χ1) is 13.7. The summed E-state index contributed by atoms with van der Waals surface area (Å²) in [5.74, 6) is 0.554. The van der Waals surface area contributed by atoms with E-state index in [0.29, 0.717) is 11.5 Å². The molecular weight excluding hydrogens is 436 g/mol. The van der Waals surface area contributed by atoms with Crippen LogP contribution in [0.4, 0.5) is 0 Å². The molecule has 1 amide bonds. The predicted molar refractivity (Wildman–Crippen MR) is 116 cm³/mol. The van der Waals surface area contributed by atoms with Crippen LogP contribution < -0.4 is 5.32 Å². The van der Waals surface area contributed by atoms with Crippen LogP contribution in [0.25, 0.3) is 5.69 Å². The lowest BCUT2D eigenvalue weighted by atomic mass is 9.96. The Morgan fingerprint density at radius 3 is 2.64 bits per heavy atom. The minimum atomic E-state index is -0.00536. The van der Waals surface area contributed by atoms with Crippen LogP contribution in [0.3, 0.4) is 0 Å². The highest BCUT2D eigenvalue weighted by atomic mass is 79.9. The second-order valence-corrected chi connectivity index (χ2v) is 9.11. The number of thiophene rings is 1. The lowest BCUT2D eigenvalue weighted by molar-refractivity contribution is 0.0935. The molecule has 146 valence electrons. The summed E-state index contributed by atoms with van der Waals surface area (Å²) in [7, 11) is 0. The van der Waals surface area contributed by atoms with Crippen LogP contribution in [0, 0.1) is 5.92 Å². The van der Waals surface area contributed by atoms with Crippen LogP contribution in [0.15, 0.2) is 58.6 Å². The first-order valence-electron chi connectivity index (χ1n) is 9.51. The number of amides is 1. The minimum absolute atomic E-state index is 0.00536. The van der Waals surface area contributed by atoms with E-state index >= 15 is 0 Å². The second-order valence-electron chi connectivity index (χ2n) is 7.16. The lowest BCUT2D eigenvalue weighted by Crippen LogP contribution is -2.38. The van der Waals surface area contributed by atoms with E-state index in [1.807, 2.05) is 41.8 Å². The SMILES string of the molecule is O=C(NCC1CCN(Cc2cccs2)CC1)c1ccc(-n2cc(Br)cn2)cc1. The molecule has 1 aromatic carbocycles. The molecule has 2 aromatic heterocycles. The van der Waals surface area contributed by atoms with Gasteiger partial charge in [0.1, 0.15) is 0 Å². The number of likely N-dealkylation sites (tertiary alicyclic amines) is 1. The Hall–Kier alpha value is -1.96. The number of piperidine rings is 1. The van der Waals surface area contributed by atoms with E-state index in [2.05, 4.69) is 48.8 Å². The quantitative estimate of drug-likeness (QED) is 0.597. The van der Waals surface area contributed by atoms with Gasteiger partial charge in [-0.15, -0.1) is 11.3 Å². The van der Waals surface area contributed by atoms with Gasteiger partial charge < -0.3 is 5.32 Å². The molecule has 4 rings (SSSR count).